The van der Waals surface area contributed by atoms with Gasteiger partial charge in [0.25, 0.3) is 0 Å². The van der Waals surface area contributed by atoms with Crippen molar-refractivity contribution in [2.24, 2.45) is 0 Å². The molecule has 0 radical (unpaired) electrons. The second-order valence-electron chi connectivity index (χ2n) is 4.91. The number of halogens is 2. The van der Waals surface area contributed by atoms with Crippen LogP contribution in [-0.4, -0.2) is 13.1 Å². The smallest absolute Gasteiger partial charge is 0.0595 e. The van der Waals surface area contributed by atoms with E-state index in [-0.39, 0.29) is 5.41 Å². The zero-order chi connectivity index (χ0) is 12.3. The minimum Gasteiger partial charge on any atom is -0.317 e. The molecule has 1 N–H and O–H groups in total. The van der Waals surface area contributed by atoms with Gasteiger partial charge in [-0.3, -0.25) is 0 Å². The number of hydrogen-bond donors (Lipinski definition) is 1. The molecule has 3 heteroatoms. The fraction of sp³-hybridized carbons (Fsp3) is 0.538. The van der Waals surface area contributed by atoms with E-state index in [0.717, 1.165) is 6.42 Å². The number of rotatable bonds is 4. The first-order valence-corrected chi connectivity index (χ1v) is 6.25. The van der Waals surface area contributed by atoms with Gasteiger partial charge >= 0.3 is 0 Å². The molecule has 0 saturated carbocycles. The molecular weight excluding hydrogens is 241 g/mol. The van der Waals surface area contributed by atoms with Gasteiger partial charge in [-0.15, -0.1) is 0 Å². The van der Waals surface area contributed by atoms with Gasteiger partial charge < -0.3 is 5.32 Å². The van der Waals surface area contributed by atoms with Crippen molar-refractivity contribution < 1.29 is 0 Å². The van der Waals surface area contributed by atoms with Gasteiger partial charge in [0, 0.05) is 6.04 Å². The normalized spacial score (nSPS) is 13.9. The lowest BCUT2D eigenvalue weighted by Crippen LogP contribution is -2.30. The summed E-state index contributed by atoms with van der Waals surface area (Å²) < 4.78 is 0. The molecule has 1 aromatic rings. The molecule has 0 spiro atoms. The van der Waals surface area contributed by atoms with Crippen molar-refractivity contribution in [1.82, 2.24) is 5.32 Å². The molecule has 0 aliphatic rings. The Morgan fingerprint density at radius 2 is 1.88 bits per heavy atom. The Kier molecular flexibility index (Phi) is 4.66. The van der Waals surface area contributed by atoms with Crippen molar-refractivity contribution >= 4 is 23.2 Å². The van der Waals surface area contributed by atoms with Crippen molar-refractivity contribution in [3.8, 4) is 0 Å². The quantitative estimate of drug-likeness (QED) is 0.852. The van der Waals surface area contributed by atoms with Gasteiger partial charge in [0.15, 0.2) is 0 Å². The third-order valence-electron chi connectivity index (χ3n) is 3.01. The van der Waals surface area contributed by atoms with Crippen LogP contribution >= 0.6 is 23.2 Å². The molecule has 0 heterocycles. The maximum absolute atomic E-state index is 6.04. The van der Waals surface area contributed by atoms with Crippen molar-refractivity contribution in [3.05, 3.63) is 33.8 Å². The van der Waals surface area contributed by atoms with Crippen molar-refractivity contribution in [1.29, 1.82) is 0 Å². The molecule has 1 rings (SSSR count). The van der Waals surface area contributed by atoms with E-state index in [9.17, 15) is 0 Å². The van der Waals surface area contributed by atoms with E-state index < -0.39 is 0 Å². The molecule has 90 valence electrons. The fourth-order valence-corrected chi connectivity index (χ4v) is 2.20. The van der Waals surface area contributed by atoms with Crippen LogP contribution < -0.4 is 5.32 Å². The lowest BCUT2D eigenvalue weighted by molar-refractivity contribution is 0.405. The highest BCUT2D eigenvalue weighted by molar-refractivity contribution is 6.42. The number of benzene rings is 1. The highest BCUT2D eigenvalue weighted by Crippen LogP contribution is 2.32. The SMILES string of the molecule is CNC(C)CC(C)(C)c1ccc(Cl)c(Cl)c1. The number of hydrogen-bond acceptors (Lipinski definition) is 1. The Bertz CT molecular complexity index is 361. The maximum Gasteiger partial charge on any atom is 0.0595 e. The maximum atomic E-state index is 6.04. The van der Waals surface area contributed by atoms with E-state index in [1.807, 2.05) is 19.2 Å². The molecule has 0 aliphatic heterocycles. The van der Waals surface area contributed by atoms with Gasteiger partial charge in [-0.05, 0) is 43.5 Å². The van der Waals surface area contributed by atoms with Crippen LogP contribution in [0.2, 0.25) is 10.0 Å². The van der Waals surface area contributed by atoms with Crippen molar-refractivity contribution in [2.75, 3.05) is 7.05 Å². The van der Waals surface area contributed by atoms with E-state index in [1.54, 1.807) is 0 Å². The molecule has 0 saturated heterocycles. The number of nitrogens with one attached hydrogen (secondary N) is 1. The van der Waals surface area contributed by atoms with E-state index in [2.05, 4.69) is 32.2 Å². The fourth-order valence-electron chi connectivity index (χ4n) is 1.90. The second-order valence-corrected chi connectivity index (χ2v) is 5.72. The largest absolute Gasteiger partial charge is 0.317 e. The van der Waals surface area contributed by atoms with E-state index in [4.69, 9.17) is 23.2 Å². The highest BCUT2D eigenvalue weighted by Gasteiger charge is 2.23. The van der Waals surface area contributed by atoms with E-state index in [1.165, 1.54) is 5.56 Å². The van der Waals surface area contributed by atoms with Crippen LogP contribution in [0.1, 0.15) is 32.8 Å². The highest BCUT2D eigenvalue weighted by atomic mass is 35.5. The van der Waals surface area contributed by atoms with Crippen LogP contribution in [-0.2, 0) is 5.41 Å². The Morgan fingerprint density at radius 3 is 2.38 bits per heavy atom. The zero-order valence-electron chi connectivity index (χ0n) is 10.3. The first-order valence-electron chi connectivity index (χ1n) is 5.49. The topological polar surface area (TPSA) is 12.0 Å². The van der Waals surface area contributed by atoms with Crippen LogP contribution in [0, 0.1) is 0 Å². The summed E-state index contributed by atoms with van der Waals surface area (Å²) in [5.74, 6) is 0. The molecule has 1 atom stereocenters. The first-order chi connectivity index (χ1) is 7.36. The van der Waals surface area contributed by atoms with Gasteiger partial charge in [0.1, 0.15) is 0 Å². The molecule has 1 unspecified atom stereocenters. The monoisotopic (exact) mass is 259 g/mol. The summed E-state index contributed by atoms with van der Waals surface area (Å²) in [5.41, 5.74) is 1.32. The minimum atomic E-state index is 0.0939. The Morgan fingerprint density at radius 1 is 1.25 bits per heavy atom. The molecule has 0 aromatic heterocycles. The summed E-state index contributed by atoms with van der Waals surface area (Å²) in [6, 6.07) is 6.36. The molecule has 0 bridgehead atoms. The molecular formula is C13H19Cl2N. The van der Waals surface area contributed by atoms with Crippen LogP contribution in [0.5, 0.6) is 0 Å². The van der Waals surface area contributed by atoms with Gasteiger partial charge in [-0.1, -0.05) is 43.1 Å². The Labute approximate surface area is 108 Å². The molecule has 0 fully saturated rings. The Hall–Kier alpha value is -0.240. The lowest BCUT2D eigenvalue weighted by atomic mass is 9.79. The average Bonchev–Trinajstić information content (AvgIpc) is 2.21. The van der Waals surface area contributed by atoms with Gasteiger partial charge in [-0.2, -0.15) is 0 Å². The Balaban J connectivity index is 2.93. The van der Waals surface area contributed by atoms with Gasteiger partial charge in [-0.25, -0.2) is 0 Å². The van der Waals surface area contributed by atoms with Crippen LogP contribution in [0.4, 0.5) is 0 Å². The zero-order valence-corrected chi connectivity index (χ0v) is 11.8. The average molecular weight is 260 g/mol. The lowest BCUT2D eigenvalue weighted by Gasteiger charge is -2.28. The summed E-state index contributed by atoms with van der Waals surface area (Å²) in [7, 11) is 1.98. The summed E-state index contributed by atoms with van der Waals surface area (Å²) in [6.07, 6.45) is 1.06. The third kappa shape index (κ3) is 3.38. The van der Waals surface area contributed by atoms with Crippen LogP contribution in [0.15, 0.2) is 18.2 Å². The molecule has 1 aromatic carbocycles. The summed E-state index contributed by atoms with van der Waals surface area (Å²) >= 11 is 12.0. The standard InChI is InChI=1S/C13H19Cl2N/c1-9(16-4)8-13(2,3)10-5-6-11(14)12(15)7-10/h5-7,9,16H,8H2,1-4H3. The summed E-state index contributed by atoms with van der Waals surface area (Å²) in [4.78, 5) is 0. The molecule has 16 heavy (non-hydrogen) atoms. The second kappa shape index (κ2) is 5.39. The minimum absolute atomic E-state index is 0.0939. The van der Waals surface area contributed by atoms with Gasteiger partial charge in [0.05, 0.1) is 10.0 Å². The summed E-state index contributed by atoms with van der Waals surface area (Å²) in [5, 5.41) is 4.50. The molecule has 0 amide bonds. The molecule has 1 nitrogen and oxygen atoms in total. The van der Waals surface area contributed by atoms with Gasteiger partial charge in [0.2, 0.25) is 0 Å². The van der Waals surface area contributed by atoms with Crippen molar-refractivity contribution in [3.63, 3.8) is 0 Å². The van der Waals surface area contributed by atoms with Crippen LogP contribution in [0.3, 0.4) is 0 Å². The predicted molar refractivity (Wildman–Crippen MR) is 72.6 cm³/mol. The van der Waals surface area contributed by atoms with E-state index >= 15 is 0 Å². The van der Waals surface area contributed by atoms with E-state index in [0.29, 0.717) is 16.1 Å². The third-order valence-corrected chi connectivity index (χ3v) is 3.75. The predicted octanol–water partition coefficient (Wildman–Crippen LogP) is 4.27. The van der Waals surface area contributed by atoms with Crippen LogP contribution in [0.25, 0.3) is 0 Å². The van der Waals surface area contributed by atoms with Crippen molar-refractivity contribution in [2.45, 2.75) is 38.6 Å². The summed E-state index contributed by atoms with van der Waals surface area (Å²) in [6.45, 7) is 6.63. The first kappa shape index (κ1) is 13.8. The molecule has 0 aliphatic carbocycles.